The summed E-state index contributed by atoms with van der Waals surface area (Å²) in [6.07, 6.45) is 5.96. The molecule has 0 aromatic carbocycles. The molecule has 10 heavy (non-hydrogen) atoms. The van der Waals surface area contributed by atoms with Gasteiger partial charge in [-0.3, -0.25) is 0 Å². The predicted octanol–water partition coefficient (Wildman–Crippen LogP) is 4.40. The molecule has 0 N–H and O–H groups in total. The van der Waals surface area contributed by atoms with Gasteiger partial charge < -0.3 is 0 Å². The van der Waals surface area contributed by atoms with Gasteiger partial charge in [0, 0.05) is 0 Å². The molecule has 60 valence electrons. The van der Waals surface area contributed by atoms with Gasteiger partial charge in [0.2, 0.25) is 0 Å². The van der Waals surface area contributed by atoms with Gasteiger partial charge in [0.05, 0.1) is 0 Å². The maximum absolute atomic E-state index is 3.52. The molecule has 4 heteroatoms. The first-order valence-corrected chi connectivity index (χ1v) is 12.2. The monoisotopic (exact) mass is 348 g/mol. The number of allylic oxidation sites excluding steroid dienone is 1. The zero-order valence-corrected chi connectivity index (χ0v) is 11.7. The molecule has 0 aliphatic rings. The fourth-order valence-electron chi connectivity index (χ4n) is 0.539. The summed E-state index contributed by atoms with van der Waals surface area (Å²) in [6.45, 7) is 2.20. The lowest BCUT2D eigenvalue weighted by molar-refractivity contribution is 0.815. The van der Waals surface area contributed by atoms with Crippen molar-refractivity contribution in [2.24, 2.45) is 0 Å². The Morgan fingerprint density at radius 2 is 1.90 bits per heavy atom. The molecule has 0 aliphatic carbocycles. The van der Waals surface area contributed by atoms with Crippen LogP contribution in [0.5, 0.6) is 0 Å². The SMILES string of the molecule is CCCCC=C[Si](Br)(Br)Br. The van der Waals surface area contributed by atoms with Crippen molar-refractivity contribution in [1.82, 2.24) is 0 Å². The van der Waals surface area contributed by atoms with Crippen LogP contribution in [0, 0.1) is 0 Å². The van der Waals surface area contributed by atoms with Gasteiger partial charge in [-0.05, 0) is 6.42 Å². The lowest BCUT2D eigenvalue weighted by Gasteiger charge is -1.99. The molecule has 0 aromatic heterocycles. The van der Waals surface area contributed by atoms with Crippen LogP contribution < -0.4 is 0 Å². The topological polar surface area (TPSA) is 0 Å². The number of hydrogen-bond acceptors (Lipinski definition) is 0. The highest BCUT2D eigenvalue weighted by Gasteiger charge is 2.15. The van der Waals surface area contributed by atoms with Gasteiger partial charge in [-0.25, -0.2) is 0 Å². The van der Waals surface area contributed by atoms with Crippen molar-refractivity contribution in [2.75, 3.05) is 0 Å². The Hall–Kier alpha value is 1.40. The summed E-state index contributed by atoms with van der Waals surface area (Å²) in [6, 6.07) is 0. The molecule has 0 heterocycles. The standard InChI is InChI=1S/C6H11Br3Si/c1-2-3-4-5-6-10(7,8)9/h5-6H,2-4H2,1H3. The molecule has 0 radical (unpaired) electrons. The Kier molecular flexibility index (Phi) is 6.81. The van der Waals surface area contributed by atoms with E-state index < -0.39 is 3.93 Å². The fraction of sp³-hybridized carbons (Fsp3) is 0.667. The molecular weight excluding hydrogens is 340 g/mol. The van der Waals surface area contributed by atoms with Crippen molar-refractivity contribution in [3.05, 3.63) is 11.8 Å². The van der Waals surface area contributed by atoms with Crippen molar-refractivity contribution in [1.29, 1.82) is 0 Å². The van der Waals surface area contributed by atoms with Crippen LogP contribution in [-0.4, -0.2) is 3.93 Å². The van der Waals surface area contributed by atoms with E-state index in [1.165, 1.54) is 19.3 Å². The molecule has 0 saturated carbocycles. The molecule has 0 unspecified atom stereocenters. The Labute approximate surface area is 87.2 Å². The van der Waals surface area contributed by atoms with Crippen LogP contribution in [0.1, 0.15) is 26.2 Å². The summed E-state index contributed by atoms with van der Waals surface area (Å²) in [5.74, 6) is 0. The number of hydrogen-bond donors (Lipinski definition) is 0. The molecule has 0 aliphatic heterocycles. The molecule has 0 rings (SSSR count). The summed E-state index contributed by atoms with van der Waals surface area (Å²) in [7, 11) is 0. The molecule has 0 saturated heterocycles. The van der Waals surface area contributed by atoms with Crippen molar-refractivity contribution < 1.29 is 0 Å². The zero-order valence-electron chi connectivity index (χ0n) is 5.91. The maximum atomic E-state index is 3.52. The summed E-state index contributed by atoms with van der Waals surface area (Å²) in [5.41, 5.74) is 2.18. The van der Waals surface area contributed by atoms with Crippen molar-refractivity contribution in [2.45, 2.75) is 26.2 Å². The molecule has 0 nitrogen and oxygen atoms in total. The fourth-order valence-corrected chi connectivity index (χ4v) is 2.66. The molecular formula is C6H11Br3Si. The van der Waals surface area contributed by atoms with Crippen LogP contribution >= 0.6 is 45.9 Å². The molecule has 0 amide bonds. The van der Waals surface area contributed by atoms with Crippen molar-refractivity contribution in [3.63, 3.8) is 0 Å². The Bertz CT molecular complexity index is 106. The number of unbranched alkanes of at least 4 members (excludes halogenated alkanes) is 2. The van der Waals surface area contributed by atoms with E-state index in [1.807, 2.05) is 0 Å². The normalized spacial score (nSPS) is 12.8. The molecule has 0 spiro atoms. The van der Waals surface area contributed by atoms with Gasteiger partial charge in [-0.15, -0.1) is 0 Å². The average molecular weight is 351 g/mol. The first-order chi connectivity index (χ1) is 4.56. The minimum absolute atomic E-state index is 1.19. The van der Waals surface area contributed by atoms with Crippen LogP contribution in [-0.2, 0) is 0 Å². The highest BCUT2D eigenvalue weighted by atomic mass is 80.0. The Morgan fingerprint density at radius 1 is 1.30 bits per heavy atom. The second kappa shape index (κ2) is 5.97. The summed E-state index contributed by atoms with van der Waals surface area (Å²) in [5, 5.41) is 0. The van der Waals surface area contributed by atoms with Gasteiger partial charge >= 0.3 is 0 Å². The molecule has 0 aromatic rings. The van der Waals surface area contributed by atoms with E-state index in [-0.39, 0.29) is 0 Å². The van der Waals surface area contributed by atoms with E-state index in [0.717, 1.165) is 0 Å². The van der Waals surface area contributed by atoms with Crippen LogP contribution in [0.4, 0.5) is 0 Å². The summed E-state index contributed by atoms with van der Waals surface area (Å²) < 4.78 is -1.45. The van der Waals surface area contributed by atoms with Gasteiger partial charge in [0.1, 0.15) is 0 Å². The minimum Gasteiger partial charge on any atom is -0.0916 e. The van der Waals surface area contributed by atoms with E-state index in [9.17, 15) is 0 Å². The van der Waals surface area contributed by atoms with E-state index in [2.05, 4.69) is 64.6 Å². The number of rotatable bonds is 4. The average Bonchev–Trinajstić information content (AvgIpc) is 1.78. The number of halogens is 3. The maximum Gasteiger partial charge on any atom is 0.290 e. The summed E-state index contributed by atoms with van der Waals surface area (Å²) >= 11 is 10.5. The van der Waals surface area contributed by atoms with Gasteiger partial charge in [0.15, 0.2) is 0 Å². The first-order valence-electron chi connectivity index (χ1n) is 3.30. The third kappa shape index (κ3) is 9.40. The minimum atomic E-state index is -1.45. The smallest absolute Gasteiger partial charge is 0.0916 e. The quantitative estimate of drug-likeness (QED) is 0.400. The molecule has 0 fully saturated rings. The van der Waals surface area contributed by atoms with Crippen LogP contribution in [0.25, 0.3) is 0 Å². The van der Waals surface area contributed by atoms with Crippen molar-refractivity contribution >= 4 is 49.8 Å². The first kappa shape index (κ1) is 11.4. The van der Waals surface area contributed by atoms with E-state index in [1.54, 1.807) is 0 Å². The van der Waals surface area contributed by atoms with Crippen LogP contribution in [0.3, 0.4) is 0 Å². The molecule has 0 bridgehead atoms. The van der Waals surface area contributed by atoms with E-state index >= 15 is 0 Å². The van der Waals surface area contributed by atoms with Crippen LogP contribution in [0.2, 0.25) is 0 Å². The van der Waals surface area contributed by atoms with Crippen LogP contribution in [0.15, 0.2) is 11.8 Å². The summed E-state index contributed by atoms with van der Waals surface area (Å²) in [4.78, 5) is 0. The second-order valence-corrected chi connectivity index (χ2v) is 24.3. The Morgan fingerprint density at radius 3 is 2.30 bits per heavy atom. The largest absolute Gasteiger partial charge is 0.290 e. The zero-order chi connectivity index (χ0) is 8.04. The second-order valence-electron chi connectivity index (χ2n) is 2.09. The van der Waals surface area contributed by atoms with Crippen molar-refractivity contribution in [3.8, 4) is 0 Å². The predicted molar refractivity (Wildman–Crippen MR) is 61.2 cm³/mol. The van der Waals surface area contributed by atoms with Gasteiger partial charge in [0.25, 0.3) is 3.93 Å². The Balaban J connectivity index is 3.37. The molecule has 0 atom stereocenters. The van der Waals surface area contributed by atoms with E-state index in [0.29, 0.717) is 0 Å². The highest BCUT2D eigenvalue weighted by Crippen LogP contribution is 2.28. The lowest BCUT2D eigenvalue weighted by atomic mass is 10.2. The third-order valence-corrected chi connectivity index (χ3v) is 4.02. The lowest BCUT2D eigenvalue weighted by Crippen LogP contribution is -1.99. The third-order valence-electron chi connectivity index (χ3n) is 1.03. The highest BCUT2D eigenvalue weighted by molar-refractivity contribution is 9.72. The van der Waals surface area contributed by atoms with E-state index in [4.69, 9.17) is 0 Å². The van der Waals surface area contributed by atoms with Gasteiger partial charge in [-0.1, -0.05) is 77.4 Å². The van der Waals surface area contributed by atoms with Gasteiger partial charge in [-0.2, -0.15) is 0 Å².